The number of amides is 6. The molecule has 6 amide bonds. The first-order valence-corrected chi connectivity index (χ1v) is 24.6. The summed E-state index contributed by atoms with van der Waals surface area (Å²) in [7, 11) is 2.45. The second-order valence-corrected chi connectivity index (χ2v) is 20.0. The number of H-pyrrole nitrogens is 1. The van der Waals surface area contributed by atoms with Crippen molar-refractivity contribution in [2.24, 2.45) is 11.8 Å². The first-order chi connectivity index (χ1) is 34.6. The SMILES string of the molecule is COC(=O)NC(C(=O)N1CCC[C@@]1(C)C(=O)N1CCN(c2ccc(C(=O)Nc3cc(C(F)(F)F)c(-c4ccc(-c5cnc([C@@H]6CCCN6C(=O)[C@@H](NC(=O)OC)C(C)C)[nH]5)cc4)cc3Cl)cn2)[C@H](C)C1)C(C)C. The Bertz CT molecular complexity index is 2700. The molecule has 4 aromatic rings. The smallest absolute Gasteiger partial charge is 0.417 e. The molecule has 3 fully saturated rings. The summed E-state index contributed by atoms with van der Waals surface area (Å²) in [6.45, 7) is 12.8. The normalized spacial score (nSPS) is 20.0. The molecule has 22 heteroatoms. The van der Waals surface area contributed by atoms with Crippen molar-refractivity contribution in [2.45, 2.75) is 103 Å². The summed E-state index contributed by atoms with van der Waals surface area (Å²) < 4.78 is 53.7. The van der Waals surface area contributed by atoms with Crippen LogP contribution in [0, 0.1) is 11.8 Å². The lowest BCUT2D eigenvalue weighted by Crippen LogP contribution is -2.64. The van der Waals surface area contributed by atoms with E-state index in [1.54, 1.807) is 46.0 Å². The molecule has 5 heterocycles. The standard InChI is InChI=1S/C51H62ClF3N10O8/c1-28(2)41(60-48(70)72-7)45(67)64-19-9-11-39(64)43-57-26-38(58-43)32-14-12-31(13-15-32)34-23-36(52)37(24-35(34)51(53,54)55)59-44(66)33-16-17-40(56-25-33)63-22-21-62(27-30(63)5)47(69)50(6)18-10-20-65(50)46(68)42(29(3)4)61-49(71)73-8/h12-17,23-26,28-30,39,41-42H,9-11,18-22,27H2,1-8H3,(H,57,58)(H,59,66)(H,60,70)(H,61,71)/t30-,39+,41+,42?,50+/m1/s1. The number of ether oxygens (including phenoxy) is 2. The number of methoxy groups -OCH3 is 2. The highest BCUT2D eigenvalue weighted by Gasteiger charge is 2.50. The van der Waals surface area contributed by atoms with E-state index in [1.165, 1.54) is 38.6 Å². The minimum absolute atomic E-state index is 0.0688. The van der Waals surface area contributed by atoms with Crippen molar-refractivity contribution in [3.8, 4) is 22.4 Å². The van der Waals surface area contributed by atoms with Gasteiger partial charge in [0.1, 0.15) is 29.3 Å². The molecule has 0 saturated carbocycles. The van der Waals surface area contributed by atoms with E-state index < -0.39 is 47.5 Å². The summed E-state index contributed by atoms with van der Waals surface area (Å²) >= 11 is 6.59. The highest BCUT2D eigenvalue weighted by Crippen LogP contribution is 2.43. The zero-order valence-electron chi connectivity index (χ0n) is 42.1. The zero-order valence-corrected chi connectivity index (χ0v) is 42.8. The Hall–Kier alpha value is -6.90. The van der Waals surface area contributed by atoms with Crippen molar-refractivity contribution >= 4 is 58.9 Å². The number of alkyl halides is 3. The van der Waals surface area contributed by atoms with E-state index in [0.29, 0.717) is 74.9 Å². The first-order valence-electron chi connectivity index (χ1n) is 24.3. The van der Waals surface area contributed by atoms with Crippen molar-refractivity contribution in [1.82, 2.24) is 40.3 Å². The highest BCUT2D eigenvalue weighted by atomic mass is 35.5. The van der Waals surface area contributed by atoms with Gasteiger partial charge in [-0.15, -0.1) is 0 Å². The number of benzene rings is 2. The third-order valence-electron chi connectivity index (χ3n) is 14.0. The quantitative estimate of drug-likeness (QED) is 0.101. The third kappa shape index (κ3) is 11.5. The molecule has 1 unspecified atom stereocenters. The number of piperazine rings is 1. The Morgan fingerprint density at radius 1 is 0.822 bits per heavy atom. The number of hydrogen-bond acceptors (Lipinski definition) is 11. The second-order valence-electron chi connectivity index (χ2n) is 19.6. The Morgan fingerprint density at radius 2 is 1.47 bits per heavy atom. The van der Waals surface area contributed by atoms with Crippen LogP contribution >= 0.6 is 11.6 Å². The molecule has 5 atom stereocenters. The summed E-state index contributed by atoms with van der Waals surface area (Å²) in [6.07, 6.45) is -0.913. The molecular formula is C51H62ClF3N10O8. The van der Waals surface area contributed by atoms with Gasteiger partial charge in [0.25, 0.3) is 5.91 Å². The maximum Gasteiger partial charge on any atom is 0.417 e. The minimum atomic E-state index is -4.83. The largest absolute Gasteiger partial charge is 0.453 e. The average molecular weight is 1040 g/mol. The van der Waals surface area contributed by atoms with Crippen LogP contribution in [0.4, 0.5) is 34.3 Å². The molecule has 73 heavy (non-hydrogen) atoms. The van der Waals surface area contributed by atoms with E-state index in [1.807, 2.05) is 39.5 Å². The van der Waals surface area contributed by atoms with E-state index in [2.05, 4.69) is 30.9 Å². The van der Waals surface area contributed by atoms with Crippen LogP contribution in [-0.4, -0.2) is 136 Å². The number of aromatic amines is 1. The van der Waals surface area contributed by atoms with Gasteiger partial charge in [0, 0.05) is 45.0 Å². The Labute approximate surface area is 426 Å². The lowest BCUT2D eigenvalue weighted by Gasteiger charge is -2.45. The second kappa shape index (κ2) is 22.1. The maximum absolute atomic E-state index is 14.7. The number of alkyl carbamates (subject to hydrolysis) is 2. The van der Waals surface area contributed by atoms with Crippen molar-refractivity contribution in [1.29, 1.82) is 0 Å². The Balaban J connectivity index is 0.995. The van der Waals surface area contributed by atoms with Gasteiger partial charge in [0.05, 0.1) is 54.0 Å². The summed E-state index contributed by atoms with van der Waals surface area (Å²) in [6, 6.07) is 9.17. The van der Waals surface area contributed by atoms with Crippen molar-refractivity contribution in [2.75, 3.05) is 57.2 Å². The van der Waals surface area contributed by atoms with Crippen molar-refractivity contribution in [3.05, 3.63) is 82.9 Å². The summed E-state index contributed by atoms with van der Waals surface area (Å²) in [5, 5.41) is 7.63. The number of halogens is 4. The molecule has 18 nitrogen and oxygen atoms in total. The number of carbonyl (C=O) groups is 6. The Morgan fingerprint density at radius 3 is 2.05 bits per heavy atom. The van der Waals surface area contributed by atoms with Crippen LogP contribution in [-0.2, 0) is 30.0 Å². The van der Waals surface area contributed by atoms with Crippen LogP contribution in [0.1, 0.15) is 95.0 Å². The minimum Gasteiger partial charge on any atom is -0.453 e. The van der Waals surface area contributed by atoms with Gasteiger partial charge < -0.3 is 50.0 Å². The number of imidazole rings is 1. The first kappa shape index (κ1) is 53.9. The van der Waals surface area contributed by atoms with Crippen LogP contribution in [0.25, 0.3) is 22.4 Å². The molecule has 0 bridgehead atoms. The number of nitrogens with zero attached hydrogens (tertiary/aromatic N) is 6. The molecule has 0 aliphatic carbocycles. The lowest BCUT2D eigenvalue weighted by molar-refractivity contribution is -0.152. The highest BCUT2D eigenvalue weighted by molar-refractivity contribution is 6.34. The molecule has 392 valence electrons. The maximum atomic E-state index is 14.7. The molecule has 0 radical (unpaired) electrons. The van der Waals surface area contributed by atoms with Crippen molar-refractivity contribution in [3.63, 3.8) is 0 Å². The van der Waals surface area contributed by atoms with Gasteiger partial charge >= 0.3 is 18.4 Å². The molecule has 3 aliphatic rings. The van der Waals surface area contributed by atoms with Gasteiger partial charge in [-0.2, -0.15) is 13.2 Å². The van der Waals surface area contributed by atoms with Gasteiger partial charge in [0.15, 0.2) is 0 Å². The summed E-state index contributed by atoms with van der Waals surface area (Å²) in [4.78, 5) is 98.4. The fourth-order valence-electron chi connectivity index (χ4n) is 9.93. The number of aromatic nitrogens is 3. The molecule has 7 rings (SSSR count). The van der Waals surface area contributed by atoms with E-state index in [0.717, 1.165) is 18.6 Å². The molecule has 2 aromatic heterocycles. The lowest BCUT2D eigenvalue weighted by atomic mass is 9.93. The fraction of sp³-hybridized carbons (Fsp3) is 0.490. The predicted octanol–water partition coefficient (Wildman–Crippen LogP) is 7.91. The number of hydrogen-bond donors (Lipinski definition) is 4. The van der Waals surface area contributed by atoms with Crippen LogP contribution in [0.2, 0.25) is 5.02 Å². The van der Waals surface area contributed by atoms with Crippen LogP contribution < -0.4 is 20.9 Å². The Kier molecular flexibility index (Phi) is 16.3. The molecule has 3 saturated heterocycles. The number of nitrogens with one attached hydrogen (secondary N) is 4. The van der Waals surface area contributed by atoms with Crippen LogP contribution in [0.5, 0.6) is 0 Å². The van der Waals surface area contributed by atoms with Crippen LogP contribution in [0.15, 0.2) is 60.9 Å². The number of anilines is 2. The van der Waals surface area contributed by atoms with E-state index in [9.17, 15) is 41.9 Å². The van der Waals surface area contributed by atoms with Gasteiger partial charge in [-0.3, -0.25) is 19.2 Å². The van der Waals surface area contributed by atoms with E-state index >= 15 is 0 Å². The van der Waals surface area contributed by atoms with Gasteiger partial charge in [-0.05, 0) is 92.3 Å². The molecule has 0 spiro atoms. The van der Waals surface area contributed by atoms with Crippen molar-refractivity contribution < 1.29 is 51.4 Å². The number of pyridine rings is 1. The van der Waals surface area contributed by atoms with E-state index in [-0.39, 0.29) is 69.0 Å². The van der Waals surface area contributed by atoms with Gasteiger partial charge in [-0.25, -0.2) is 19.6 Å². The number of likely N-dealkylation sites (tertiary alicyclic amines) is 2. The fourth-order valence-corrected chi connectivity index (χ4v) is 10.1. The topological polar surface area (TPSA) is 211 Å². The zero-order chi connectivity index (χ0) is 53.1. The molecule has 3 aliphatic heterocycles. The third-order valence-corrected chi connectivity index (χ3v) is 14.3. The monoisotopic (exact) mass is 1030 g/mol. The van der Waals surface area contributed by atoms with Crippen LogP contribution in [0.3, 0.4) is 0 Å². The molecule has 4 N–H and O–H groups in total. The van der Waals surface area contributed by atoms with Gasteiger partial charge in [0.2, 0.25) is 17.7 Å². The predicted molar refractivity (Wildman–Crippen MR) is 266 cm³/mol. The number of carbonyl (C=O) groups excluding carboxylic acids is 6. The number of rotatable bonds is 13. The summed E-state index contributed by atoms with van der Waals surface area (Å²) in [5.41, 5.74) is -1.09. The average Bonchev–Trinajstić information content (AvgIpc) is 4.15. The molecule has 2 aromatic carbocycles. The van der Waals surface area contributed by atoms with Gasteiger partial charge in [-0.1, -0.05) is 63.6 Å². The van der Waals surface area contributed by atoms with E-state index in [4.69, 9.17) is 21.1 Å². The molecular weight excluding hydrogens is 973 g/mol. The summed E-state index contributed by atoms with van der Waals surface area (Å²) in [5.74, 6) is -0.943.